The van der Waals surface area contributed by atoms with Gasteiger partial charge >= 0.3 is 0 Å². The van der Waals surface area contributed by atoms with E-state index in [2.05, 4.69) is 15.4 Å². The van der Waals surface area contributed by atoms with Gasteiger partial charge in [0.1, 0.15) is 12.6 Å². The van der Waals surface area contributed by atoms with Crippen LogP contribution in [0.25, 0.3) is 0 Å². The van der Waals surface area contributed by atoms with E-state index in [1.54, 1.807) is 0 Å². The molecule has 0 saturated heterocycles. The van der Waals surface area contributed by atoms with Crippen LogP contribution in [0.15, 0.2) is 54.9 Å². The first-order valence-electron chi connectivity index (χ1n) is 10.2. The van der Waals surface area contributed by atoms with Gasteiger partial charge in [0, 0.05) is 17.3 Å². The summed E-state index contributed by atoms with van der Waals surface area (Å²) in [7, 11) is 0. The van der Waals surface area contributed by atoms with Crippen LogP contribution in [0.2, 0.25) is 0 Å². The highest BCUT2D eigenvalue weighted by Gasteiger charge is 2.32. The molecule has 0 saturated carbocycles. The Morgan fingerprint density at radius 2 is 2.17 bits per heavy atom. The fourth-order valence-corrected chi connectivity index (χ4v) is 2.90. The topological polar surface area (TPSA) is 89.4 Å². The fraction of sp³-hybridized carbons (Fsp3) is 0.200. The number of carbonyl (C=O) groups excluding carboxylic acids is 2. The Kier molecular flexibility index (Phi) is 4.04. The Balaban J connectivity index is 1.55. The SMILES string of the molecule is [2H]C([2H])([2H])N1C(=O)[C@@H](NC(=O)c2nn(Cc3ccccc3)cc2F)COc2cccnc21. The van der Waals surface area contributed by atoms with E-state index in [1.165, 1.54) is 23.0 Å². The van der Waals surface area contributed by atoms with Crippen LogP contribution in [-0.2, 0) is 11.3 Å². The number of nitrogens with one attached hydrogen (secondary N) is 1. The summed E-state index contributed by atoms with van der Waals surface area (Å²) in [5, 5.41) is 6.30. The van der Waals surface area contributed by atoms with Crippen molar-refractivity contribution in [2.24, 2.45) is 0 Å². The number of nitrogens with zero attached hydrogens (tertiary/aromatic N) is 4. The number of hydrogen-bond donors (Lipinski definition) is 1. The number of carbonyl (C=O) groups is 2. The summed E-state index contributed by atoms with van der Waals surface area (Å²) in [6.45, 7) is -2.99. The highest BCUT2D eigenvalue weighted by Crippen LogP contribution is 2.27. The number of anilines is 1. The predicted molar refractivity (Wildman–Crippen MR) is 102 cm³/mol. The van der Waals surface area contributed by atoms with Gasteiger partial charge in [-0.15, -0.1) is 0 Å². The third kappa shape index (κ3) is 3.79. The van der Waals surface area contributed by atoms with Crippen LogP contribution in [0.1, 0.15) is 20.2 Å². The smallest absolute Gasteiger partial charge is 0.275 e. The number of benzene rings is 1. The van der Waals surface area contributed by atoms with Crippen molar-refractivity contribution in [2.75, 3.05) is 18.5 Å². The first-order valence-corrected chi connectivity index (χ1v) is 8.73. The number of hydrogen-bond acceptors (Lipinski definition) is 5. The van der Waals surface area contributed by atoms with Gasteiger partial charge in [0.25, 0.3) is 11.8 Å². The first kappa shape index (κ1) is 15.2. The maximum absolute atomic E-state index is 14.4. The number of amides is 2. The average Bonchev–Trinajstić information content (AvgIpc) is 3.04. The van der Waals surface area contributed by atoms with Gasteiger partial charge in [-0.05, 0) is 17.7 Å². The summed E-state index contributed by atoms with van der Waals surface area (Å²) in [6.07, 6.45) is 2.39. The Hall–Kier alpha value is -3.75. The van der Waals surface area contributed by atoms with Gasteiger partial charge in [0.05, 0.1) is 12.7 Å². The zero-order valence-corrected chi connectivity index (χ0v) is 15.1. The molecule has 0 aliphatic carbocycles. The van der Waals surface area contributed by atoms with Gasteiger partial charge in [0.15, 0.2) is 23.1 Å². The summed E-state index contributed by atoms with van der Waals surface area (Å²) >= 11 is 0. The van der Waals surface area contributed by atoms with Gasteiger partial charge in [0.2, 0.25) is 0 Å². The minimum absolute atomic E-state index is 0.0760. The van der Waals surface area contributed by atoms with Crippen LogP contribution >= 0.6 is 0 Å². The number of pyridine rings is 1. The Morgan fingerprint density at radius 1 is 1.34 bits per heavy atom. The molecule has 1 aliphatic rings. The highest BCUT2D eigenvalue weighted by atomic mass is 19.1. The molecular formula is C20H18FN5O3. The molecule has 1 N–H and O–H groups in total. The quantitative estimate of drug-likeness (QED) is 0.721. The van der Waals surface area contributed by atoms with E-state index in [-0.39, 0.29) is 24.7 Å². The molecule has 0 fully saturated rings. The maximum atomic E-state index is 14.4. The van der Waals surface area contributed by atoms with Crippen LogP contribution in [0, 0.1) is 5.82 Å². The lowest BCUT2D eigenvalue weighted by Gasteiger charge is -2.19. The summed E-state index contributed by atoms with van der Waals surface area (Å²) in [4.78, 5) is 30.1. The second kappa shape index (κ2) is 7.70. The second-order valence-corrected chi connectivity index (χ2v) is 6.34. The monoisotopic (exact) mass is 398 g/mol. The summed E-state index contributed by atoms with van der Waals surface area (Å²) in [5.41, 5.74) is 0.335. The molecule has 9 heteroatoms. The van der Waals surface area contributed by atoms with Gasteiger partial charge < -0.3 is 10.1 Å². The fourth-order valence-electron chi connectivity index (χ4n) is 2.90. The molecule has 1 atom stereocenters. The maximum Gasteiger partial charge on any atom is 0.275 e. The Bertz CT molecular complexity index is 1150. The molecular weight excluding hydrogens is 377 g/mol. The van der Waals surface area contributed by atoms with Gasteiger partial charge in [-0.25, -0.2) is 9.37 Å². The van der Waals surface area contributed by atoms with Crippen molar-refractivity contribution in [3.63, 3.8) is 0 Å². The van der Waals surface area contributed by atoms with Crippen molar-refractivity contribution in [2.45, 2.75) is 12.6 Å². The molecule has 29 heavy (non-hydrogen) atoms. The summed E-state index contributed by atoms with van der Waals surface area (Å²) in [5.74, 6) is -2.92. The minimum Gasteiger partial charge on any atom is -0.487 e. The third-order valence-corrected chi connectivity index (χ3v) is 4.31. The Labute approximate surface area is 170 Å². The zero-order valence-electron chi connectivity index (χ0n) is 18.1. The van der Waals surface area contributed by atoms with Crippen molar-refractivity contribution in [3.8, 4) is 5.75 Å². The van der Waals surface area contributed by atoms with Crippen molar-refractivity contribution in [1.29, 1.82) is 0 Å². The van der Waals surface area contributed by atoms with E-state index in [1.807, 2.05) is 30.3 Å². The molecule has 1 aliphatic heterocycles. The molecule has 1 aromatic carbocycles. The summed E-state index contributed by atoms with van der Waals surface area (Å²) < 4.78 is 44.3. The molecule has 0 radical (unpaired) electrons. The number of aromatic nitrogens is 3. The number of halogens is 1. The molecule has 0 spiro atoms. The van der Waals surface area contributed by atoms with Crippen LogP contribution in [0.5, 0.6) is 5.75 Å². The Morgan fingerprint density at radius 3 is 2.97 bits per heavy atom. The number of fused-ring (bicyclic) bond motifs is 1. The van der Waals surface area contributed by atoms with Crippen molar-refractivity contribution < 1.29 is 22.8 Å². The van der Waals surface area contributed by atoms with E-state index >= 15 is 0 Å². The molecule has 2 amide bonds. The van der Waals surface area contributed by atoms with Crippen molar-refractivity contribution in [3.05, 3.63) is 71.9 Å². The first-order chi connectivity index (χ1) is 15.2. The summed E-state index contributed by atoms with van der Waals surface area (Å²) in [6, 6.07) is 10.7. The largest absolute Gasteiger partial charge is 0.487 e. The normalized spacial score (nSPS) is 18.0. The van der Waals surface area contributed by atoms with Crippen molar-refractivity contribution >= 4 is 17.6 Å². The number of rotatable bonds is 4. The highest BCUT2D eigenvalue weighted by molar-refractivity contribution is 6.02. The van der Waals surface area contributed by atoms with Gasteiger partial charge in [-0.1, -0.05) is 30.3 Å². The second-order valence-electron chi connectivity index (χ2n) is 6.34. The van der Waals surface area contributed by atoms with E-state index in [9.17, 15) is 14.0 Å². The third-order valence-electron chi connectivity index (χ3n) is 4.31. The lowest BCUT2D eigenvalue weighted by Crippen LogP contribution is -2.49. The zero-order chi connectivity index (χ0) is 22.9. The lowest BCUT2D eigenvalue weighted by atomic mass is 10.2. The standard InChI is InChI=1S/C20H18FN5O3/c1-25-18-16(8-5-9-22-18)29-12-15(20(25)28)23-19(27)17-14(21)11-26(24-17)10-13-6-3-2-4-7-13/h2-9,11,15H,10,12H2,1H3,(H,23,27)/t15-/m0/s1/i1D3. The van der Waals surface area contributed by atoms with Crippen molar-refractivity contribution in [1.82, 2.24) is 20.1 Å². The minimum atomic E-state index is -2.88. The molecule has 3 aromatic rings. The molecule has 0 bridgehead atoms. The lowest BCUT2D eigenvalue weighted by molar-refractivity contribution is -0.120. The molecule has 2 aromatic heterocycles. The van der Waals surface area contributed by atoms with Crippen LogP contribution in [0.4, 0.5) is 10.2 Å². The molecule has 4 rings (SSSR count). The molecule has 3 heterocycles. The predicted octanol–water partition coefficient (Wildman–Crippen LogP) is 1.62. The van der Waals surface area contributed by atoms with E-state index in [0.29, 0.717) is 4.90 Å². The molecule has 0 unspecified atom stereocenters. The van der Waals surface area contributed by atoms with E-state index < -0.39 is 36.3 Å². The van der Waals surface area contributed by atoms with Gasteiger partial charge in [-0.3, -0.25) is 19.2 Å². The van der Waals surface area contributed by atoms with Crippen LogP contribution in [0.3, 0.4) is 0 Å². The molecule has 148 valence electrons. The average molecular weight is 398 g/mol. The van der Waals surface area contributed by atoms with E-state index in [4.69, 9.17) is 8.85 Å². The van der Waals surface area contributed by atoms with Gasteiger partial charge in [-0.2, -0.15) is 5.10 Å². The van der Waals surface area contributed by atoms with Crippen LogP contribution in [-0.4, -0.2) is 46.2 Å². The van der Waals surface area contributed by atoms with Crippen LogP contribution < -0.4 is 15.0 Å². The molecule has 8 nitrogen and oxygen atoms in total. The van der Waals surface area contributed by atoms with E-state index in [0.717, 1.165) is 11.8 Å². The number of ether oxygens (including phenoxy) is 1. The number of likely N-dealkylation sites (N-methyl/N-ethyl adjacent to an activating group) is 1.